The second kappa shape index (κ2) is 5.57. The van der Waals surface area contributed by atoms with E-state index in [0.717, 1.165) is 15.7 Å². The maximum atomic E-state index is 4.81. The first-order valence-electron chi connectivity index (χ1n) is 8.24. The summed E-state index contributed by atoms with van der Waals surface area (Å²) in [5.41, 5.74) is 1.50. The molecular weight excluding hydrogens is 332 g/mol. The van der Waals surface area contributed by atoms with Gasteiger partial charge in [-0.05, 0) is 48.6 Å². The normalized spacial score (nSPS) is 13.7. The van der Waals surface area contributed by atoms with E-state index in [4.69, 9.17) is 9.97 Å². The van der Waals surface area contributed by atoms with Crippen LogP contribution in [0, 0.1) is 6.92 Å². The van der Waals surface area contributed by atoms with Crippen molar-refractivity contribution in [1.29, 1.82) is 0 Å². The van der Waals surface area contributed by atoms with Crippen LogP contribution in [0.15, 0.2) is 52.4 Å². The quantitative estimate of drug-likeness (QED) is 0.429. The number of benzene rings is 2. The molecule has 1 aliphatic rings. The zero-order valence-corrected chi connectivity index (χ0v) is 15.0. The Morgan fingerprint density at radius 3 is 2.83 bits per heavy atom. The van der Waals surface area contributed by atoms with Crippen molar-refractivity contribution >= 4 is 44.1 Å². The predicted octanol–water partition coefficient (Wildman–Crippen LogP) is 5.79. The van der Waals surface area contributed by atoms with Crippen LogP contribution in [0.25, 0.3) is 21.0 Å². The summed E-state index contributed by atoms with van der Waals surface area (Å²) in [5.74, 6) is 0.866. The standard InChI is InChI=1S/C20H16N2S2/c1-12-21-19(18-15-9-5-11-17(15)24-20(18)22-12)23-16-10-4-7-13-6-2-3-8-14(13)16/h2-4,6-8,10H,5,9,11H2,1H3. The average molecular weight is 348 g/mol. The maximum Gasteiger partial charge on any atom is 0.128 e. The first kappa shape index (κ1) is 14.4. The Kier molecular flexibility index (Phi) is 3.35. The summed E-state index contributed by atoms with van der Waals surface area (Å²) in [6, 6.07) is 15.1. The minimum absolute atomic E-state index is 0.866. The second-order valence-corrected chi connectivity index (χ2v) is 8.31. The van der Waals surface area contributed by atoms with Gasteiger partial charge in [-0.1, -0.05) is 48.2 Å². The molecule has 0 aliphatic heterocycles. The number of thiophene rings is 1. The molecule has 2 heterocycles. The van der Waals surface area contributed by atoms with E-state index in [1.54, 1.807) is 11.8 Å². The topological polar surface area (TPSA) is 25.8 Å². The molecule has 5 rings (SSSR count). The van der Waals surface area contributed by atoms with Crippen LogP contribution in [0.5, 0.6) is 0 Å². The third kappa shape index (κ3) is 2.25. The number of nitrogens with zero attached hydrogens (tertiary/aromatic N) is 2. The summed E-state index contributed by atoms with van der Waals surface area (Å²) >= 11 is 3.65. The lowest BCUT2D eigenvalue weighted by Crippen LogP contribution is -1.92. The van der Waals surface area contributed by atoms with E-state index in [9.17, 15) is 0 Å². The fourth-order valence-corrected chi connectivity index (χ4v) is 6.05. The van der Waals surface area contributed by atoms with Gasteiger partial charge in [-0.15, -0.1) is 11.3 Å². The molecule has 0 atom stereocenters. The van der Waals surface area contributed by atoms with Gasteiger partial charge in [-0.25, -0.2) is 9.97 Å². The summed E-state index contributed by atoms with van der Waals surface area (Å²) in [5, 5.41) is 4.99. The fourth-order valence-electron chi connectivity index (χ4n) is 3.53. The number of fused-ring (bicyclic) bond motifs is 4. The molecule has 0 radical (unpaired) electrons. The molecule has 0 bridgehead atoms. The van der Waals surface area contributed by atoms with Crippen molar-refractivity contribution in [3.63, 3.8) is 0 Å². The highest BCUT2D eigenvalue weighted by Gasteiger charge is 2.22. The van der Waals surface area contributed by atoms with Crippen LogP contribution in [0.4, 0.5) is 0 Å². The predicted molar refractivity (Wildman–Crippen MR) is 102 cm³/mol. The minimum atomic E-state index is 0.866. The van der Waals surface area contributed by atoms with E-state index < -0.39 is 0 Å². The Morgan fingerprint density at radius 1 is 1.00 bits per heavy atom. The van der Waals surface area contributed by atoms with Gasteiger partial charge in [0.2, 0.25) is 0 Å². The molecule has 0 saturated carbocycles. The third-order valence-electron chi connectivity index (χ3n) is 4.60. The van der Waals surface area contributed by atoms with E-state index in [2.05, 4.69) is 42.5 Å². The summed E-state index contributed by atoms with van der Waals surface area (Å²) in [6.07, 6.45) is 3.64. The van der Waals surface area contributed by atoms with Gasteiger partial charge in [0.15, 0.2) is 0 Å². The molecule has 1 aliphatic carbocycles. The molecule has 0 saturated heterocycles. The first-order valence-corrected chi connectivity index (χ1v) is 9.87. The molecule has 118 valence electrons. The summed E-state index contributed by atoms with van der Waals surface area (Å²) in [4.78, 5) is 13.5. The van der Waals surface area contributed by atoms with E-state index in [1.165, 1.54) is 50.8 Å². The van der Waals surface area contributed by atoms with Crippen molar-refractivity contribution < 1.29 is 0 Å². The first-order chi connectivity index (χ1) is 11.8. The Hall–Kier alpha value is -1.91. The highest BCUT2D eigenvalue weighted by atomic mass is 32.2. The van der Waals surface area contributed by atoms with Gasteiger partial charge in [0.05, 0.1) is 0 Å². The molecule has 0 spiro atoms. The number of hydrogen-bond donors (Lipinski definition) is 0. The minimum Gasteiger partial charge on any atom is -0.226 e. The number of rotatable bonds is 2. The molecule has 2 aromatic carbocycles. The van der Waals surface area contributed by atoms with Crippen LogP contribution in [0.2, 0.25) is 0 Å². The van der Waals surface area contributed by atoms with Crippen molar-refractivity contribution in [3.05, 3.63) is 58.7 Å². The zero-order valence-electron chi connectivity index (χ0n) is 13.4. The lowest BCUT2D eigenvalue weighted by Gasteiger charge is -2.08. The Bertz CT molecular complexity index is 1080. The SMILES string of the molecule is Cc1nc(Sc2cccc3ccccc23)c2c3c(sc2n1)CCC3. The van der Waals surface area contributed by atoms with E-state index in [-0.39, 0.29) is 0 Å². The van der Waals surface area contributed by atoms with Gasteiger partial charge < -0.3 is 0 Å². The highest BCUT2D eigenvalue weighted by molar-refractivity contribution is 7.99. The zero-order chi connectivity index (χ0) is 16.1. The lowest BCUT2D eigenvalue weighted by molar-refractivity contribution is 0.914. The van der Waals surface area contributed by atoms with Crippen molar-refractivity contribution in [2.45, 2.75) is 36.1 Å². The van der Waals surface area contributed by atoms with Crippen LogP contribution >= 0.6 is 23.1 Å². The summed E-state index contributed by atoms with van der Waals surface area (Å²) < 4.78 is 0. The molecule has 0 unspecified atom stereocenters. The third-order valence-corrected chi connectivity index (χ3v) is 6.85. The molecule has 24 heavy (non-hydrogen) atoms. The molecule has 0 fully saturated rings. The van der Waals surface area contributed by atoms with Crippen molar-refractivity contribution in [3.8, 4) is 0 Å². The molecule has 0 N–H and O–H groups in total. The molecule has 2 aromatic heterocycles. The van der Waals surface area contributed by atoms with Crippen LogP contribution in [0.1, 0.15) is 22.7 Å². The number of aromatic nitrogens is 2. The van der Waals surface area contributed by atoms with Crippen LogP contribution in [0.3, 0.4) is 0 Å². The van der Waals surface area contributed by atoms with Gasteiger partial charge >= 0.3 is 0 Å². The van der Waals surface area contributed by atoms with Crippen molar-refractivity contribution in [2.24, 2.45) is 0 Å². The lowest BCUT2D eigenvalue weighted by atomic mass is 10.1. The summed E-state index contributed by atoms with van der Waals surface area (Å²) in [6.45, 7) is 2.00. The van der Waals surface area contributed by atoms with Gasteiger partial charge in [-0.2, -0.15) is 0 Å². The molecule has 4 aromatic rings. The van der Waals surface area contributed by atoms with Crippen LogP contribution < -0.4 is 0 Å². The van der Waals surface area contributed by atoms with Crippen molar-refractivity contribution in [2.75, 3.05) is 0 Å². The van der Waals surface area contributed by atoms with E-state index in [0.29, 0.717) is 0 Å². The maximum absolute atomic E-state index is 4.81. The molecular formula is C20H16N2S2. The molecule has 2 nitrogen and oxygen atoms in total. The smallest absolute Gasteiger partial charge is 0.128 e. The van der Waals surface area contributed by atoms with Crippen LogP contribution in [-0.2, 0) is 12.8 Å². The number of hydrogen-bond acceptors (Lipinski definition) is 4. The molecule has 4 heteroatoms. The fraction of sp³-hybridized carbons (Fsp3) is 0.200. The number of aryl methyl sites for hydroxylation is 3. The largest absolute Gasteiger partial charge is 0.226 e. The van der Waals surface area contributed by atoms with E-state index in [1.807, 2.05) is 18.3 Å². The van der Waals surface area contributed by atoms with Gasteiger partial charge in [0.25, 0.3) is 0 Å². The Labute approximate surface area is 149 Å². The van der Waals surface area contributed by atoms with Gasteiger partial charge in [-0.3, -0.25) is 0 Å². The van der Waals surface area contributed by atoms with Gasteiger partial charge in [0.1, 0.15) is 15.7 Å². The Morgan fingerprint density at radius 2 is 1.88 bits per heavy atom. The Balaban J connectivity index is 1.72. The van der Waals surface area contributed by atoms with Crippen molar-refractivity contribution in [1.82, 2.24) is 9.97 Å². The van der Waals surface area contributed by atoms with Crippen LogP contribution in [-0.4, -0.2) is 9.97 Å². The second-order valence-electron chi connectivity index (χ2n) is 6.19. The van der Waals surface area contributed by atoms with Gasteiger partial charge in [0, 0.05) is 15.2 Å². The summed E-state index contributed by atoms with van der Waals surface area (Å²) in [7, 11) is 0. The average Bonchev–Trinajstić information content (AvgIpc) is 3.15. The highest BCUT2D eigenvalue weighted by Crippen LogP contribution is 2.43. The molecule has 0 amide bonds. The monoisotopic (exact) mass is 348 g/mol. The van der Waals surface area contributed by atoms with E-state index >= 15 is 0 Å².